The van der Waals surface area contributed by atoms with Gasteiger partial charge in [0.05, 0.1) is 12.6 Å². The molecule has 0 spiro atoms. The van der Waals surface area contributed by atoms with E-state index >= 15 is 0 Å². The number of benzene rings is 2. The molecule has 2 aromatic carbocycles. The molecule has 6 nitrogen and oxygen atoms in total. The zero-order chi connectivity index (χ0) is 14.8. The van der Waals surface area contributed by atoms with Crippen molar-refractivity contribution in [1.29, 1.82) is 0 Å². The summed E-state index contributed by atoms with van der Waals surface area (Å²) in [5.74, 6) is 0.557. The molecule has 6 heteroatoms. The van der Waals surface area contributed by atoms with Crippen molar-refractivity contribution in [1.82, 2.24) is 15.0 Å². The average Bonchev–Trinajstić information content (AvgIpc) is 2.89. The van der Waals surface area contributed by atoms with Gasteiger partial charge in [0.15, 0.2) is 0 Å². The topological polar surface area (TPSA) is 69.0 Å². The zero-order valence-corrected chi connectivity index (χ0v) is 11.7. The maximum absolute atomic E-state index is 12.2. The monoisotopic (exact) mass is 282 g/mol. The molecular formula is C15H14N4O2. The van der Waals surface area contributed by atoms with Crippen LogP contribution in [0, 0.1) is 0 Å². The summed E-state index contributed by atoms with van der Waals surface area (Å²) in [5.41, 5.74) is 2.83. The van der Waals surface area contributed by atoms with Crippen LogP contribution in [0.3, 0.4) is 0 Å². The van der Waals surface area contributed by atoms with Crippen molar-refractivity contribution in [2.24, 2.45) is 7.05 Å². The van der Waals surface area contributed by atoms with E-state index < -0.39 is 0 Å². The Morgan fingerprint density at radius 3 is 2.67 bits per heavy atom. The summed E-state index contributed by atoms with van der Waals surface area (Å²) in [6.45, 7) is 0. The number of ether oxygens (including phenoxy) is 1. The molecule has 1 heterocycles. The number of aryl methyl sites for hydroxylation is 1. The molecule has 0 aliphatic rings. The number of amides is 1. The number of methoxy groups -OCH3 is 1. The number of carbonyl (C=O) groups excluding carboxylic acids is 1. The molecule has 0 fully saturated rings. The smallest absolute Gasteiger partial charge is 0.255 e. The number of nitrogens with zero attached hydrogens (tertiary/aromatic N) is 3. The molecule has 0 saturated heterocycles. The number of aromatic nitrogens is 3. The summed E-state index contributed by atoms with van der Waals surface area (Å²) in [6.07, 6.45) is 0. The highest BCUT2D eigenvalue weighted by molar-refractivity contribution is 6.05. The van der Waals surface area contributed by atoms with Gasteiger partial charge in [-0.15, -0.1) is 5.10 Å². The first-order valence-electron chi connectivity index (χ1n) is 6.42. The summed E-state index contributed by atoms with van der Waals surface area (Å²) >= 11 is 0. The van der Waals surface area contributed by atoms with E-state index in [-0.39, 0.29) is 5.91 Å². The summed E-state index contributed by atoms with van der Waals surface area (Å²) < 4.78 is 6.75. The van der Waals surface area contributed by atoms with Crippen LogP contribution in [-0.2, 0) is 7.05 Å². The lowest BCUT2D eigenvalue weighted by Gasteiger charge is -2.06. The van der Waals surface area contributed by atoms with Crippen molar-refractivity contribution in [3.05, 3.63) is 48.0 Å². The number of hydrogen-bond acceptors (Lipinski definition) is 4. The van der Waals surface area contributed by atoms with Gasteiger partial charge in [0, 0.05) is 18.3 Å². The number of nitrogens with one attached hydrogen (secondary N) is 1. The molecule has 21 heavy (non-hydrogen) atoms. The van der Waals surface area contributed by atoms with E-state index in [0.717, 1.165) is 11.3 Å². The lowest BCUT2D eigenvalue weighted by Crippen LogP contribution is -2.11. The third kappa shape index (κ3) is 2.55. The Balaban J connectivity index is 1.82. The summed E-state index contributed by atoms with van der Waals surface area (Å²) in [6, 6.07) is 12.5. The Labute approximate surface area is 121 Å². The number of rotatable bonds is 3. The van der Waals surface area contributed by atoms with Crippen LogP contribution in [0.1, 0.15) is 10.4 Å². The van der Waals surface area contributed by atoms with Crippen LogP contribution in [0.4, 0.5) is 5.69 Å². The summed E-state index contributed by atoms with van der Waals surface area (Å²) in [4.78, 5) is 12.2. The van der Waals surface area contributed by atoms with Gasteiger partial charge in [-0.1, -0.05) is 5.21 Å². The SMILES string of the molecule is COc1ccc(NC(=O)c2ccc3c(c2)nnn3C)cc1. The van der Waals surface area contributed by atoms with Crippen LogP contribution in [0.25, 0.3) is 11.0 Å². The van der Waals surface area contributed by atoms with Gasteiger partial charge < -0.3 is 10.1 Å². The highest BCUT2D eigenvalue weighted by atomic mass is 16.5. The molecule has 0 atom stereocenters. The van der Waals surface area contributed by atoms with Crippen LogP contribution in [0.5, 0.6) is 5.75 Å². The lowest BCUT2D eigenvalue weighted by molar-refractivity contribution is 0.102. The Bertz CT molecular complexity index is 793. The van der Waals surface area contributed by atoms with Gasteiger partial charge in [-0.05, 0) is 42.5 Å². The summed E-state index contributed by atoms with van der Waals surface area (Å²) in [7, 11) is 3.41. The van der Waals surface area contributed by atoms with Crippen molar-refractivity contribution < 1.29 is 9.53 Å². The Hall–Kier alpha value is -2.89. The van der Waals surface area contributed by atoms with Crippen molar-refractivity contribution in [2.45, 2.75) is 0 Å². The maximum atomic E-state index is 12.2. The number of hydrogen-bond donors (Lipinski definition) is 1. The first-order chi connectivity index (χ1) is 10.2. The predicted molar refractivity (Wildman–Crippen MR) is 79.5 cm³/mol. The molecule has 3 rings (SSSR count). The van der Waals surface area contributed by atoms with Gasteiger partial charge in [-0.25, -0.2) is 4.68 Å². The molecule has 0 unspecified atom stereocenters. The second-order valence-electron chi connectivity index (χ2n) is 4.60. The van der Waals surface area contributed by atoms with Crippen LogP contribution in [0.2, 0.25) is 0 Å². The Morgan fingerprint density at radius 2 is 1.95 bits per heavy atom. The van der Waals surface area contributed by atoms with Crippen LogP contribution < -0.4 is 10.1 Å². The third-order valence-corrected chi connectivity index (χ3v) is 3.22. The molecular weight excluding hydrogens is 268 g/mol. The van der Waals surface area contributed by atoms with E-state index in [1.807, 2.05) is 13.1 Å². The standard InChI is InChI=1S/C15H14N4O2/c1-19-14-8-3-10(9-13(14)17-18-19)15(20)16-11-4-6-12(21-2)7-5-11/h3-9H,1-2H3,(H,16,20). The second-order valence-corrected chi connectivity index (χ2v) is 4.60. The van der Waals surface area contributed by atoms with Gasteiger partial charge in [0.1, 0.15) is 11.3 Å². The van der Waals surface area contributed by atoms with E-state index in [0.29, 0.717) is 16.8 Å². The minimum atomic E-state index is -0.187. The van der Waals surface area contributed by atoms with Crippen molar-refractivity contribution in [3.63, 3.8) is 0 Å². The molecule has 0 radical (unpaired) electrons. The van der Waals surface area contributed by atoms with Crippen molar-refractivity contribution in [2.75, 3.05) is 12.4 Å². The molecule has 1 N–H and O–H groups in total. The van der Waals surface area contributed by atoms with E-state index in [9.17, 15) is 4.79 Å². The lowest BCUT2D eigenvalue weighted by atomic mass is 10.2. The van der Waals surface area contributed by atoms with Crippen LogP contribution in [-0.4, -0.2) is 28.0 Å². The first kappa shape index (κ1) is 13.1. The first-order valence-corrected chi connectivity index (χ1v) is 6.42. The fraction of sp³-hybridized carbons (Fsp3) is 0.133. The number of carbonyl (C=O) groups is 1. The van der Waals surface area contributed by atoms with Gasteiger partial charge in [0.25, 0.3) is 5.91 Å². The van der Waals surface area contributed by atoms with Crippen molar-refractivity contribution in [3.8, 4) is 5.75 Å². The normalized spacial score (nSPS) is 10.6. The molecule has 0 saturated carbocycles. The second kappa shape index (κ2) is 5.24. The van der Waals surface area contributed by atoms with Gasteiger partial charge in [-0.2, -0.15) is 0 Å². The zero-order valence-electron chi connectivity index (χ0n) is 11.7. The van der Waals surface area contributed by atoms with Gasteiger partial charge >= 0.3 is 0 Å². The fourth-order valence-corrected chi connectivity index (χ4v) is 2.06. The van der Waals surface area contributed by atoms with E-state index in [4.69, 9.17) is 4.74 Å². The number of fused-ring (bicyclic) bond motifs is 1. The molecule has 0 aliphatic heterocycles. The van der Waals surface area contributed by atoms with Crippen molar-refractivity contribution >= 4 is 22.6 Å². The van der Waals surface area contributed by atoms with Crippen LogP contribution in [0.15, 0.2) is 42.5 Å². The Morgan fingerprint density at radius 1 is 1.19 bits per heavy atom. The van der Waals surface area contributed by atoms with Gasteiger partial charge in [-0.3, -0.25) is 4.79 Å². The third-order valence-electron chi connectivity index (χ3n) is 3.22. The van der Waals surface area contributed by atoms with E-state index in [2.05, 4.69) is 15.6 Å². The van der Waals surface area contributed by atoms with E-state index in [1.165, 1.54) is 0 Å². The maximum Gasteiger partial charge on any atom is 0.255 e. The quantitative estimate of drug-likeness (QED) is 0.799. The van der Waals surface area contributed by atoms with E-state index in [1.54, 1.807) is 48.2 Å². The molecule has 1 aromatic heterocycles. The average molecular weight is 282 g/mol. The molecule has 106 valence electrons. The minimum Gasteiger partial charge on any atom is -0.497 e. The fourth-order valence-electron chi connectivity index (χ4n) is 2.06. The predicted octanol–water partition coefficient (Wildman–Crippen LogP) is 2.23. The minimum absolute atomic E-state index is 0.187. The molecule has 0 aliphatic carbocycles. The molecule has 3 aromatic rings. The molecule has 0 bridgehead atoms. The highest BCUT2D eigenvalue weighted by Gasteiger charge is 2.09. The van der Waals surface area contributed by atoms with Gasteiger partial charge in [0.2, 0.25) is 0 Å². The van der Waals surface area contributed by atoms with Crippen LogP contribution >= 0.6 is 0 Å². The Kier molecular flexibility index (Phi) is 3.27. The molecule has 1 amide bonds. The number of anilines is 1. The highest BCUT2D eigenvalue weighted by Crippen LogP contribution is 2.17. The largest absolute Gasteiger partial charge is 0.497 e. The summed E-state index contributed by atoms with van der Waals surface area (Å²) in [5, 5.41) is 10.8.